The summed E-state index contributed by atoms with van der Waals surface area (Å²) in [7, 11) is -7.33. The highest BCUT2D eigenvalue weighted by Crippen LogP contribution is 2.40. The third kappa shape index (κ3) is 29.3. The molecule has 2 aromatic heterocycles. The Morgan fingerprint density at radius 1 is 0.472 bits per heavy atom. The van der Waals surface area contributed by atoms with Crippen molar-refractivity contribution in [2.45, 2.75) is 191 Å². The van der Waals surface area contributed by atoms with Crippen LogP contribution in [0.4, 0.5) is 0 Å². The molecular formula is C78H108N12O16S2. The van der Waals surface area contributed by atoms with E-state index in [1.54, 1.807) is 36.4 Å². The summed E-state index contributed by atoms with van der Waals surface area (Å²) >= 11 is 0. The predicted molar refractivity (Wildman–Crippen MR) is 411 cm³/mol. The normalized spacial score (nSPS) is 20.6. The molecule has 588 valence electrons. The van der Waals surface area contributed by atoms with Gasteiger partial charge in [-0.05, 0) is 139 Å². The highest BCUT2D eigenvalue weighted by molar-refractivity contribution is 7.85. The molecule has 8 amide bonds. The number of primary amides is 2. The Balaban J connectivity index is 0.000000267. The van der Waals surface area contributed by atoms with E-state index in [9.17, 15) is 65.4 Å². The summed E-state index contributed by atoms with van der Waals surface area (Å²) < 4.78 is 51.7. The lowest BCUT2D eigenvalue weighted by Crippen LogP contribution is -2.61. The lowest BCUT2D eigenvalue weighted by atomic mass is 9.72. The topological polar surface area (TPSA) is 442 Å². The number of nitrogens with two attached hydrogens (primary N) is 2. The highest BCUT2D eigenvalue weighted by Gasteiger charge is 2.44. The number of rotatable bonds is 24. The van der Waals surface area contributed by atoms with E-state index < -0.39 is 128 Å². The Bertz CT molecular complexity index is 3990. The standard InChI is InChI=1S/2C38H50N6O5.2CH4O3S/c2*1-38(2,3)43-37(49)32-20-26-14-7-8-15-27(26)22-44(32)23-33(45)30(19-24-11-5-4-6-12-24)41-36(48)31(21-34(39)46)42-35(47)29-18-17-25-13-9-10-16-28(25)40-29;2*1-5(2,3)4/h2*4-6,9-13,16-18,26-27,30-33,45H,7-8,14-15,19-23H2,1-3H3,(H2,39,46)(H,41,48)(H,42,47)(H,43,49);2*1H3,(H,2,3,4)/t2*26-,27+,30-,31-,32-,33+;;/m00../s1. The summed E-state index contributed by atoms with van der Waals surface area (Å²) in [6.45, 7) is 13.5. The Morgan fingerprint density at radius 3 is 1.11 bits per heavy atom. The van der Waals surface area contributed by atoms with Crippen LogP contribution in [0, 0.1) is 23.7 Å². The molecule has 14 N–H and O–H groups in total. The predicted octanol–water partition coefficient (Wildman–Crippen LogP) is 5.19. The summed E-state index contributed by atoms with van der Waals surface area (Å²) in [6, 6.07) is 35.3. The van der Waals surface area contributed by atoms with E-state index in [4.69, 9.17) is 20.6 Å². The first kappa shape index (κ1) is 86.4. The number of amides is 8. The van der Waals surface area contributed by atoms with Crippen molar-refractivity contribution < 1.29 is 74.5 Å². The SMILES string of the molecule is CC(C)(C)NC(=O)[C@@H]1C[C@@H]2CCCC[C@@H]2CN1C[C@@H](O)[C@H](Cc1ccccc1)NC(=O)[C@H](CC(N)=O)NC(=O)c1ccc2ccccc2n1.CC(C)(C)NC(=O)[C@@H]1C[C@@H]2CCCC[C@@H]2CN1C[C@@H](O)[C@H](Cc1ccccc1)NC(=O)[C@H](CC(N)=O)NC(=O)c1ccc2ccccc2n1.CS(=O)(=O)O.CS(=O)(=O)O. The zero-order valence-corrected chi connectivity index (χ0v) is 64.4. The Hall–Kier alpha value is -8.88. The minimum absolute atomic E-state index is 0.0566. The van der Waals surface area contributed by atoms with Gasteiger partial charge in [0.05, 0.1) is 72.8 Å². The van der Waals surface area contributed by atoms with Crippen molar-refractivity contribution in [2.24, 2.45) is 35.1 Å². The van der Waals surface area contributed by atoms with Crippen molar-refractivity contribution in [3.8, 4) is 0 Å². The van der Waals surface area contributed by atoms with Crippen molar-refractivity contribution in [2.75, 3.05) is 38.7 Å². The summed E-state index contributed by atoms with van der Waals surface area (Å²) in [4.78, 5) is 119. The number of aromatic nitrogens is 2. The summed E-state index contributed by atoms with van der Waals surface area (Å²) in [5.74, 6) is -2.39. The molecule has 6 aromatic rings. The molecular weight excluding hydrogens is 1430 g/mol. The number of para-hydroxylation sites is 2. The smallest absolute Gasteiger partial charge is 0.270 e. The number of carbonyl (C=O) groups excluding carboxylic acids is 8. The second-order valence-corrected chi connectivity index (χ2v) is 33.8. The van der Waals surface area contributed by atoms with Gasteiger partial charge in [-0.2, -0.15) is 16.8 Å². The van der Waals surface area contributed by atoms with Gasteiger partial charge in [0.2, 0.25) is 35.4 Å². The molecule has 0 radical (unpaired) electrons. The van der Waals surface area contributed by atoms with E-state index in [1.807, 2.05) is 139 Å². The number of hydrogen-bond donors (Lipinski definition) is 12. The highest BCUT2D eigenvalue weighted by atomic mass is 32.2. The number of carbonyl (C=O) groups is 8. The number of hydrogen-bond acceptors (Lipinski definition) is 18. The van der Waals surface area contributed by atoms with Gasteiger partial charge in [0.25, 0.3) is 32.1 Å². The number of benzene rings is 4. The van der Waals surface area contributed by atoms with Gasteiger partial charge in [-0.1, -0.05) is 148 Å². The van der Waals surface area contributed by atoms with Gasteiger partial charge >= 0.3 is 0 Å². The fraction of sp³-hybridized carbons (Fsp3) is 0.513. The van der Waals surface area contributed by atoms with Crippen molar-refractivity contribution in [3.63, 3.8) is 0 Å². The van der Waals surface area contributed by atoms with Crippen molar-refractivity contribution in [1.82, 2.24) is 51.7 Å². The number of aliphatic hydroxyl groups is 2. The first-order valence-electron chi connectivity index (χ1n) is 36.6. The molecule has 10 rings (SSSR count). The van der Waals surface area contributed by atoms with Crippen LogP contribution < -0.4 is 43.4 Å². The minimum atomic E-state index is -3.67. The van der Waals surface area contributed by atoms with Gasteiger partial charge in [-0.25, -0.2) is 9.97 Å². The molecule has 0 bridgehead atoms. The molecule has 2 aliphatic heterocycles. The molecule has 4 fully saturated rings. The number of β-amino-alcohol motifs (C(OH)–C–C–N with tert-alkyl or cyclic N) is 2. The second kappa shape index (κ2) is 39.5. The molecule has 4 aliphatic rings. The monoisotopic (exact) mass is 1530 g/mol. The van der Waals surface area contributed by atoms with E-state index in [0.717, 1.165) is 73.3 Å². The number of fused-ring (bicyclic) bond motifs is 4. The van der Waals surface area contributed by atoms with Crippen molar-refractivity contribution in [3.05, 3.63) is 156 Å². The van der Waals surface area contributed by atoms with E-state index in [1.165, 1.54) is 12.8 Å². The molecule has 2 saturated heterocycles. The lowest BCUT2D eigenvalue weighted by molar-refractivity contribution is -0.134. The van der Waals surface area contributed by atoms with Crippen molar-refractivity contribution >= 4 is 89.3 Å². The van der Waals surface area contributed by atoms with Gasteiger partial charge in [-0.3, -0.25) is 57.3 Å². The molecule has 2 aliphatic carbocycles. The Labute approximate surface area is 633 Å². The molecule has 4 heterocycles. The van der Waals surface area contributed by atoms with Crippen LogP contribution in [0.2, 0.25) is 0 Å². The van der Waals surface area contributed by atoms with Crippen LogP contribution in [0.25, 0.3) is 21.8 Å². The number of nitrogens with one attached hydrogen (secondary N) is 6. The van der Waals surface area contributed by atoms with E-state index in [0.29, 0.717) is 60.3 Å². The van der Waals surface area contributed by atoms with Gasteiger partial charge < -0.3 is 53.6 Å². The molecule has 30 heteroatoms. The fourth-order valence-electron chi connectivity index (χ4n) is 14.5. The third-order valence-corrected chi connectivity index (χ3v) is 19.3. The number of pyridine rings is 2. The van der Waals surface area contributed by atoms with Crippen molar-refractivity contribution in [1.29, 1.82) is 0 Å². The number of likely N-dealkylation sites (tertiary alicyclic amines) is 2. The maximum absolute atomic E-state index is 13.8. The fourth-order valence-corrected chi connectivity index (χ4v) is 14.5. The third-order valence-electron chi connectivity index (χ3n) is 19.3. The van der Waals surface area contributed by atoms with Crippen LogP contribution in [0.3, 0.4) is 0 Å². The largest absolute Gasteiger partial charge is 0.390 e. The lowest BCUT2D eigenvalue weighted by Gasteiger charge is -2.47. The van der Waals surface area contributed by atoms with Crippen LogP contribution in [0.1, 0.15) is 151 Å². The average molecular weight is 1530 g/mol. The second-order valence-electron chi connectivity index (χ2n) is 30.9. The first-order chi connectivity index (χ1) is 50.7. The van der Waals surface area contributed by atoms with E-state index >= 15 is 0 Å². The summed E-state index contributed by atoms with van der Waals surface area (Å²) in [6.07, 6.45) is 9.49. The Kier molecular flexibility index (Phi) is 31.6. The molecule has 0 unspecified atom stereocenters. The molecule has 108 heavy (non-hydrogen) atoms. The molecule has 4 aromatic carbocycles. The average Bonchev–Trinajstić information content (AvgIpc) is 0.813. The maximum atomic E-state index is 13.8. The van der Waals surface area contributed by atoms with Gasteiger partial charge in [0.15, 0.2) is 0 Å². The van der Waals surface area contributed by atoms with Crippen LogP contribution >= 0.6 is 0 Å². The molecule has 12 atom stereocenters. The molecule has 2 saturated carbocycles. The number of piperidine rings is 2. The summed E-state index contributed by atoms with van der Waals surface area (Å²) in [5, 5.41) is 42.8. The van der Waals surface area contributed by atoms with E-state index in [2.05, 4.69) is 51.7 Å². The van der Waals surface area contributed by atoms with Crippen LogP contribution in [0.5, 0.6) is 0 Å². The van der Waals surface area contributed by atoms with Gasteiger partial charge in [-0.15, -0.1) is 0 Å². The zero-order chi connectivity index (χ0) is 79.3. The summed E-state index contributed by atoms with van der Waals surface area (Å²) in [5.41, 5.74) is 13.4. The zero-order valence-electron chi connectivity index (χ0n) is 62.8. The van der Waals surface area contributed by atoms with E-state index in [-0.39, 0.29) is 49.1 Å². The quantitative estimate of drug-likeness (QED) is 0.0347. The Morgan fingerprint density at radius 2 is 0.787 bits per heavy atom. The van der Waals surface area contributed by atoms with Crippen LogP contribution in [-0.4, -0.2) is 201 Å². The van der Waals surface area contributed by atoms with Gasteiger partial charge in [0, 0.05) is 48.0 Å². The van der Waals surface area contributed by atoms with Crippen LogP contribution in [-0.2, 0) is 61.8 Å². The van der Waals surface area contributed by atoms with Crippen LogP contribution in [0.15, 0.2) is 133 Å². The number of aliphatic hydroxyl groups excluding tert-OH is 2. The van der Waals surface area contributed by atoms with Gasteiger partial charge in [0.1, 0.15) is 23.5 Å². The molecule has 28 nitrogen and oxygen atoms in total. The minimum Gasteiger partial charge on any atom is -0.390 e. The molecule has 0 spiro atoms. The first-order valence-corrected chi connectivity index (χ1v) is 40.3. The maximum Gasteiger partial charge on any atom is 0.270 e. The number of nitrogens with zero attached hydrogens (tertiary/aromatic N) is 4.